The molecule has 0 aliphatic heterocycles. The lowest BCUT2D eigenvalue weighted by molar-refractivity contribution is 0.0943. The van der Waals surface area contributed by atoms with Crippen LogP contribution in [0, 0.1) is 0 Å². The van der Waals surface area contributed by atoms with Gasteiger partial charge in [0.15, 0.2) is 0 Å². The molecule has 0 bridgehead atoms. The monoisotopic (exact) mass is 436 g/mol. The third kappa shape index (κ3) is 4.70. The minimum absolute atomic E-state index is 0.0962. The number of hydrogen-bond acceptors (Lipinski definition) is 5. The van der Waals surface area contributed by atoms with Crippen LogP contribution in [-0.4, -0.2) is 41.2 Å². The molecule has 1 unspecified atom stereocenters. The maximum atomic E-state index is 13.1. The Balaban J connectivity index is 1.56. The summed E-state index contributed by atoms with van der Waals surface area (Å²) in [4.78, 5) is 17.5. The van der Waals surface area contributed by atoms with Gasteiger partial charge in [-0.1, -0.05) is 42.5 Å². The minimum Gasteiger partial charge on any atom is -0.350 e. The zero-order chi connectivity index (χ0) is 20.9. The molecule has 1 amide bonds. The van der Waals surface area contributed by atoms with Gasteiger partial charge in [0.25, 0.3) is 5.91 Å². The highest BCUT2D eigenvalue weighted by molar-refractivity contribution is 7.13. The summed E-state index contributed by atoms with van der Waals surface area (Å²) < 4.78 is 1.85. The van der Waals surface area contributed by atoms with E-state index in [1.54, 1.807) is 22.7 Å². The zero-order valence-electron chi connectivity index (χ0n) is 17.0. The molecule has 154 valence electrons. The number of hydrogen-bond donors (Lipinski definition) is 1. The molecular weight excluding hydrogens is 412 g/mol. The lowest BCUT2D eigenvalue weighted by atomic mass is 10.2. The van der Waals surface area contributed by atoms with Crippen molar-refractivity contribution in [1.82, 2.24) is 20.0 Å². The van der Waals surface area contributed by atoms with E-state index in [0.717, 1.165) is 16.1 Å². The number of nitrogens with one attached hydrogen (secondary N) is 1. The summed E-state index contributed by atoms with van der Waals surface area (Å²) in [6.07, 6.45) is 1.85. The molecular formula is C23H24N4OS2. The molecule has 0 aliphatic carbocycles. The molecule has 3 heterocycles. The average molecular weight is 437 g/mol. The van der Waals surface area contributed by atoms with Crippen molar-refractivity contribution in [2.75, 3.05) is 20.6 Å². The fraction of sp³-hybridized carbons (Fsp3) is 0.217. The first-order valence-electron chi connectivity index (χ1n) is 9.75. The Labute approximate surface area is 184 Å². The zero-order valence-corrected chi connectivity index (χ0v) is 18.6. The van der Waals surface area contributed by atoms with Gasteiger partial charge < -0.3 is 10.2 Å². The Bertz CT molecular complexity index is 1070. The Kier molecular flexibility index (Phi) is 6.42. The van der Waals surface area contributed by atoms with Crippen molar-refractivity contribution in [3.05, 3.63) is 87.6 Å². The number of carbonyl (C=O) groups is 1. The smallest absolute Gasteiger partial charge is 0.255 e. The SMILES string of the molecule is CN(C)C(CNC(=O)c1cn(Cc2ccccc2)nc1-c1cccs1)c1cccs1. The van der Waals surface area contributed by atoms with Crippen LogP contribution in [0.5, 0.6) is 0 Å². The first-order valence-corrected chi connectivity index (χ1v) is 11.5. The third-order valence-electron chi connectivity index (χ3n) is 4.90. The Morgan fingerprint density at radius 3 is 2.50 bits per heavy atom. The van der Waals surface area contributed by atoms with Crippen molar-refractivity contribution in [2.45, 2.75) is 12.6 Å². The predicted octanol–water partition coefficient (Wildman–Crippen LogP) is 4.75. The van der Waals surface area contributed by atoms with Gasteiger partial charge in [-0.05, 0) is 42.6 Å². The van der Waals surface area contributed by atoms with E-state index >= 15 is 0 Å². The topological polar surface area (TPSA) is 50.2 Å². The molecule has 1 atom stereocenters. The van der Waals surface area contributed by atoms with Crippen LogP contribution in [0.4, 0.5) is 0 Å². The van der Waals surface area contributed by atoms with E-state index < -0.39 is 0 Å². The number of thiophene rings is 2. The number of rotatable bonds is 8. The van der Waals surface area contributed by atoms with Gasteiger partial charge in [-0.2, -0.15) is 5.10 Å². The van der Waals surface area contributed by atoms with E-state index in [-0.39, 0.29) is 11.9 Å². The highest BCUT2D eigenvalue weighted by Crippen LogP contribution is 2.27. The van der Waals surface area contributed by atoms with Gasteiger partial charge >= 0.3 is 0 Å². The average Bonchev–Trinajstić information content (AvgIpc) is 3.50. The predicted molar refractivity (Wildman–Crippen MR) is 124 cm³/mol. The van der Waals surface area contributed by atoms with Crippen molar-refractivity contribution in [1.29, 1.82) is 0 Å². The first kappa shape index (κ1) is 20.5. The lowest BCUT2D eigenvalue weighted by Gasteiger charge is -2.23. The molecule has 1 N–H and O–H groups in total. The van der Waals surface area contributed by atoms with E-state index in [1.165, 1.54) is 4.88 Å². The summed E-state index contributed by atoms with van der Waals surface area (Å²) >= 11 is 3.30. The van der Waals surface area contributed by atoms with Crippen molar-refractivity contribution >= 4 is 28.6 Å². The lowest BCUT2D eigenvalue weighted by Crippen LogP contribution is -2.34. The highest BCUT2D eigenvalue weighted by atomic mass is 32.1. The summed E-state index contributed by atoms with van der Waals surface area (Å²) in [5.74, 6) is -0.0962. The number of aromatic nitrogens is 2. The Morgan fingerprint density at radius 2 is 1.83 bits per heavy atom. The second-order valence-corrected chi connectivity index (χ2v) is 9.18. The minimum atomic E-state index is -0.0962. The van der Waals surface area contributed by atoms with Crippen LogP contribution in [-0.2, 0) is 6.54 Å². The van der Waals surface area contributed by atoms with Gasteiger partial charge in [-0.25, -0.2) is 0 Å². The molecule has 0 fully saturated rings. The van der Waals surface area contributed by atoms with E-state index in [1.807, 2.05) is 66.8 Å². The van der Waals surface area contributed by atoms with Gasteiger partial charge in [0.1, 0.15) is 5.69 Å². The molecule has 1 aromatic carbocycles. The van der Waals surface area contributed by atoms with Crippen LogP contribution in [0.3, 0.4) is 0 Å². The molecule has 4 aromatic rings. The van der Waals surface area contributed by atoms with E-state index in [0.29, 0.717) is 18.7 Å². The number of benzene rings is 1. The summed E-state index contributed by atoms with van der Waals surface area (Å²) in [5, 5.41) is 11.9. The Hall–Kier alpha value is -2.74. The highest BCUT2D eigenvalue weighted by Gasteiger charge is 2.21. The van der Waals surface area contributed by atoms with E-state index in [2.05, 4.69) is 33.8 Å². The van der Waals surface area contributed by atoms with Crippen molar-refractivity contribution in [3.8, 4) is 10.6 Å². The van der Waals surface area contributed by atoms with Gasteiger partial charge in [-0.3, -0.25) is 9.48 Å². The van der Waals surface area contributed by atoms with Crippen LogP contribution in [0.2, 0.25) is 0 Å². The number of carbonyl (C=O) groups excluding carboxylic acids is 1. The summed E-state index contributed by atoms with van der Waals surface area (Å²) in [5.41, 5.74) is 2.49. The fourth-order valence-corrected chi connectivity index (χ4v) is 4.98. The summed E-state index contributed by atoms with van der Waals surface area (Å²) in [6, 6.07) is 18.4. The van der Waals surface area contributed by atoms with Crippen molar-refractivity contribution in [3.63, 3.8) is 0 Å². The molecule has 0 aliphatic rings. The largest absolute Gasteiger partial charge is 0.350 e. The summed E-state index contributed by atoms with van der Waals surface area (Å²) in [7, 11) is 4.07. The molecule has 7 heteroatoms. The fourth-order valence-electron chi connectivity index (χ4n) is 3.34. The molecule has 0 saturated heterocycles. The first-order chi connectivity index (χ1) is 14.6. The van der Waals surface area contributed by atoms with Crippen LogP contribution in [0.15, 0.2) is 71.6 Å². The molecule has 3 aromatic heterocycles. The molecule has 5 nitrogen and oxygen atoms in total. The molecule has 0 spiro atoms. The van der Waals surface area contributed by atoms with Crippen LogP contribution in [0.1, 0.15) is 26.8 Å². The molecule has 0 saturated carbocycles. The van der Waals surface area contributed by atoms with Gasteiger partial charge in [0.2, 0.25) is 0 Å². The van der Waals surface area contributed by atoms with Gasteiger partial charge in [0.05, 0.1) is 23.0 Å². The number of amides is 1. The van der Waals surface area contributed by atoms with E-state index in [4.69, 9.17) is 5.10 Å². The molecule has 30 heavy (non-hydrogen) atoms. The Morgan fingerprint density at radius 1 is 1.07 bits per heavy atom. The second-order valence-electron chi connectivity index (χ2n) is 7.26. The van der Waals surface area contributed by atoms with Crippen LogP contribution < -0.4 is 5.32 Å². The normalized spacial score (nSPS) is 12.2. The van der Waals surface area contributed by atoms with Crippen LogP contribution >= 0.6 is 22.7 Å². The number of likely N-dealkylation sites (N-methyl/N-ethyl adjacent to an activating group) is 1. The third-order valence-corrected chi connectivity index (χ3v) is 6.75. The van der Waals surface area contributed by atoms with Gasteiger partial charge in [-0.15, -0.1) is 22.7 Å². The number of nitrogens with zero attached hydrogens (tertiary/aromatic N) is 3. The maximum absolute atomic E-state index is 13.1. The maximum Gasteiger partial charge on any atom is 0.255 e. The van der Waals surface area contributed by atoms with Gasteiger partial charge in [0, 0.05) is 17.6 Å². The summed E-state index contributed by atoms with van der Waals surface area (Å²) in [6.45, 7) is 1.17. The molecule has 0 radical (unpaired) electrons. The van der Waals surface area contributed by atoms with Crippen molar-refractivity contribution in [2.24, 2.45) is 0 Å². The standard InChI is InChI=1S/C23H24N4OS2/c1-26(2)19(20-10-6-12-29-20)14-24-23(28)18-16-27(15-17-8-4-3-5-9-17)25-22(18)21-11-7-13-30-21/h3-13,16,19H,14-15H2,1-2H3,(H,24,28). The van der Waals surface area contributed by atoms with E-state index in [9.17, 15) is 4.79 Å². The van der Waals surface area contributed by atoms with Crippen molar-refractivity contribution < 1.29 is 4.79 Å². The quantitative estimate of drug-likeness (QED) is 0.433. The van der Waals surface area contributed by atoms with Crippen LogP contribution in [0.25, 0.3) is 10.6 Å². The second kappa shape index (κ2) is 9.38. The molecule has 4 rings (SSSR count).